The van der Waals surface area contributed by atoms with E-state index < -0.39 is 5.41 Å². The van der Waals surface area contributed by atoms with Crippen LogP contribution in [0.4, 0.5) is 5.69 Å². The summed E-state index contributed by atoms with van der Waals surface area (Å²) in [5.74, 6) is 0. The Morgan fingerprint density at radius 2 is 1.18 bits per heavy atom. The highest BCUT2D eigenvalue weighted by molar-refractivity contribution is 6.06. The van der Waals surface area contributed by atoms with Crippen molar-refractivity contribution in [2.75, 3.05) is 4.90 Å². The Hall–Kier alpha value is -5.21. The average Bonchev–Trinajstić information content (AvgIpc) is 3.32. The first kappa shape index (κ1) is 25.1. The van der Waals surface area contributed by atoms with Crippen LogP contribution in [-0.2, 0) is 5.41 Å². The first-order chi connectivity index (χ1) is 19.6. The highest BCUT2D eigenvalue weighted by Gasteiger charge is 2.45. The van der Waals surface area contributed by atoms with E-state index >= 15 is 0 Å². The van der Waals surface area contributed by atoms with Crippen molar-refractivity contribution in [2.45, 2.75) is 5.41 Å². The average molecular weight is 515 g/mol. The van der Waals surface area contributed by atoms with Crippen molar-refractivity contribution in [3.8, 4) is 11.1 Å². The largest absolute Gasteiger partial charge is 0.318 e. The summed E-state index contributed by atoms with van der Waals surface area (Å²) in [5.41, 5.74) is 10.0. The van der Waals surface area contributed by atoms with Gasteiger partial charge < -0.3 is 10.3 Å². The van der Waals surface area contributed by atoms with Crippen molar-refractivity contribution in [1.82, 2.24) is 0 Å². The Morgan fingerprint density at radius 1 is 0.625 bits per heavy atom. The van der Waals surface area contributed by atoms with E-state index in [1.54, 1.807) is 12.3 Å². The van der Waals surface area contributed by atoms with Gasteiger partial charge in [0.05, 0.1) is 11.1 Å². The van der Waals surface area contributed by atoms with Crippen molar-refractivity contribution in [1.29, 1.82) is 5.41 Å². The first-order valence-electron chi connectivity index (χ1n) is 13.4. The molecule has 0 heterocycles. The molecule has 0 atom stereocenters. The van der Waals surface area contributed by atoms with Crippen LogP contribution in [0.2, 0.25) is 0 Å². The molecule has 2 nitrogen and oxygen atoms in total. The van der Waals surface area contributed by atoms with Crippen molar-refractivity contribution in [3.05, 3.63) is 198 Å². The lowest BCUT2D eigenvalue weighted by Gasteiger charge is -2.34. The third-order valence-corrected chi connectivity index (χ3v) is 7.74. The number of fused-ring (bicyclic) bond motifs is 3. The maximum Gasteiger partial charge on any atom is 0.0713 e. The summed E-state index contributed by atoms with van der Waals surface area (Å²) in [7, 11) is 0. The molecule has 192 valence electrons. The van der Waals surface area contributed by atoms with E-state index in [1.807, 2.05) is 41.3 Å². The van der Waals surface area contributed by atoms with Crippen LogP contribution in [0.25, 0.3) is 11.1 Å². The zero-order valence-electron chi connectivity index (χ0n) is 22.3. The number of nitrogens with zero attached hydrogens (tertiary/aromatic N) is 1. The van der Waals surface area contributed by atoms with E-state index in [1.165, 1.54) is 33.4 Å². The quantitative estimate of drug-likeness (QED) is 0.159. The molecule has 0 bridgehead atoms. The number of rotatable bonds is 8. The Labute approximate surface area is 236 Å². The zero-order valence-corrected chi connectivity index (χ0v) is 22.3. The minimum absolute atomic E-state index is 0.423. The third kappa shape index (κ3) is 4.11. The molecule has 0 radical (unpaired) electrons. The molecule has 0 amide bonds. The molecule has 1 aliphatic rings. The molecule has 0 unspecified atom stereocenters. The van der Waals surface area contributed by atoms with Crippen LogP contribution >= 0.6 is 0 Å². The van der Waals surface area contributed by atoms with Gasteiger partial charge in [0.25, 0.3) is 0 Å². The van der Waals surface area contributed by atoms with E-state index in [-0.39, 0.29) is 0 Å². The summed E-state index contributed by atoms with van der Waals surface area (Å²) >= 11 is 0. The van der Waals surface area contributed by atoms with Gasteiger partial charge in [0.1, 0.15) is 0 Å². The lowest BCUT2D eigenvalue weighted by molar-refractivity contribution is 0.768. The highest BCUT2D eigenvalue weighted by atomic mass is 15.1. The van der Waals surface area contributed by atoms with Gasteiger partial charge in [0.15, 0.2) is 0 Å². The molecule has 0 fully saturated rings. The second-order valence-electron chi connectivity index (χ2n) is 9.91. The lowest BCUT2D eigenvalue weighted by atomic mass is 9.68. The molecule has 1 aliphatic carbocycles. The lowest BCUT2D eigenvalue weighted by Crippen LogP contribution is -2.28. The van der Waals surface area contributed by atoms with Crippen LogP contribution in [0, 0.1) is 5.41 Å². The molecule has 2 heteroatoms. The van der Waals surface area contributed by atoms with E-state index in [9.17, 15) is 0 Å². The fourth-order valence-corrected chi connectivity index (χ4v) is 5.95. The fourth-order valence-electron chi connectivity index (χ4n) is 5.95. The van der Waals surface area contributed by atoms with Crippen LogP contribution in [0.3, 0.4) is 0 Å². The first-order valence-corrected chi connectivity index (χ1v) is 13.4. The van der Waals surface area contributed by atoms with Crippen LogP contribution in [0.5, 0.6) is 0 Å². The van der Waals surface area contributed by atoms with Crippen LogP contribution in [0.1, 0.15) is 27.8 Å². The minimum atomic E-state index is -0.423. The molecule has 40 heavy (non-hydrogen) atoms. The topological polar surface area (TPSA) is 27.1 Å². The van der Waals surface area contributed by atoms with Gasteiger partial charge >= 0.3 is 0 Å². The molecule has 0 aromatic heterocycles. The maximum atomic E-state index is 8.44. The van der Waals surface area contributed by atoms with Gasteiger partial charge in [-0.05, 0) is 63.2 Å². The number of nitrogens with one attached hydrogen (secondary N) is 1. The fraction of sp³-hybridized carbons (Fsp3) is 0.0263. The highest BCUT2D eigenvalue weighted by Crippen LogP contribution is 2.56. The standard InChI is InChI=1S/C38H30N2/c1-3-40(28(2)23-26-37(39)29-15-7-4-8-16-29)32-24-25-36-34(27-32)33-21-13-14-22-35(33)38(36,30-17-9-5-10-18-30)31-19-11-6-12-20-31/h3-27,39H,1-2H2/b26-23-,39-37?. The number of allylic oxidation sites excluding steroid dienone is 2. The zero-order chi connectivity index (χ0) is 27.5. The number of anilines is 1. The molecule has 0 spiro atoms. The van der Waals surface area contributed by atoms with Gasteiger partial charge in [-0.3, -0.25) is 0 Å². The molecular weight excluding hydrogens is 484 g/mol. The monoisotopic (exact) mass is 514 g/mol. The third-order valence-electron chi connectivity index (χ3n) is 7.74. The summed E-state index contributed by atoms with van der Waals surface area (Å²) in [5, 5.41) is 8.44. The molecule has 0 saturated carbocycles. The van der Waals surface area contributed by atoms with E-state index in [4.69, 9.17) is 5.41 Å². The summed E-state index contributed by atoms with van der Waals surface area (Å²) in [6.45, 7) is 8.38. The Kier molecular flexibility index (Phi) is 6.59. The number of benzene rings is 5. The second-order valence-corrected chi connectivity index (χ2v) is 9.91. The van der Waals surface area contributed by atoms with Crippen LogP contribution < -0.4 is 4.90 Å². The summed E-state index contributed by atoms with van der Waals surface area (Å²) in [6.07, 6.45) is 5.44. The predicted octanol–water partition coefficient (Wildman–Crippen LogP) is 9.14. The minimum Gasteiger partial charge on any atom is -0.318 e. The summed E-state index contributed by atoms with van der Waals surface area (Å²) < 4.78 is 0. The summed E-state index contributed by atoms with van der Waals surface area (Å²) in [6, 6.07) is 46.7. The second kappa shape index (κ2) is 10.5. The normalized spacial score (nSPS) is 12.9. The molecule has 1 N–H and O–H groups in total. The molecule has 0 aliphatic heterocycles. The summed E-state index contributed by atoms with van der Waals surface area (Å²) in [4.78, 5) is 1.97. The number of hydrogen-bond donors (Lipinski definition) is 1. The SMILES string of the molecule is C=CN(C(=C)/C=C\C(=N)c1ccccc1)c1ccc2c(c1)-c1ccccc1C2(c1ccccc1)c1ccccc1. The Balaban J connectivity index is 1.46. The molecule has 0 saturated heterocycles. The van der Waals surface area contributed by atoms with Gasteiger partial charge in [-0.15, -0.1) is 0 Å². The Morgan fingerprint density at radius 3 is 1.80 bits per heavy atom. The van der Waals surface area contributed by atoms with E-state index in [0.717, 1.165) is 16.9 Å². The molecule has 6 rings (SSSR count). The van der Waals surface area contributed by atoms with Gasteiger partial charge in [-0.25, -0.2) is 0 Å². The number of hydrogen-bond acceptors (Lipinski definition) is 2. The van der Waals surface area contributed by atoms with Gasteiger partial charge in [-0.2, -0.15) is 0 Å². The molecule has 5 aromatic carbocycles. The van der Waals surface area contributed by atoms with Crippen molar-refractivity contribution in [2.24, 2.45) is 0 Å². The van der Waals surface area contributed by atoms with Gasteiger partial charge in [0.2, 0.25) is 0 Å². The molecular formula is C38H30N2. The Bertz CT molecular complexity index is 1690. The maximum absolute atomic E-state index is 8.44. The van der Waals surface area contributed by atoms with Gasteiger partial charge in [0, 0.05) is 17.6 Å². The van der Waals surface area contributed by atoms with E-state index in [0.29, 0.717) is 5.71 Å². The van der Waals surface area contributed by atoms with Gasteiger partial charge in [-0.1, -0.05) is 134 Å². The van der Waals surface area contributed by atoms with Crippen molar-refractivity contribution in [3.63, 3.8) is 0 Å². The van der Waals surface area contributed by atoms with Crippen molar-refractivity contribution >= 4 is 11.4 Å². The van der Waals surface area contributed by atoms with Crippen molar-refractivity contribution < 1.29 is 0 Å². The van der Waals surface area contributed by atoms with E-state index in [2.05, 4.69) is 116 Å². The molecule has 5 aromatic rings. The smallest absolute Gasteiger partial charge is 0.0713 e. The van der Waals surface area contributed by atoms with Crippen LogP contribution in [0.15, 0.2) is 171 Å². The van der Waals surface area contributed by atoms with Crippen LogP contribution in [-0.4, -0.2) is 5.71 Å². The predicted molar refractivity (Wildman–Crippen MR) is 168 cm³/mol.